The number of halogens is 1. The molecule has 4 aromatic rings. The molecule has 5 heteroatoms. The van der Waals surface area contributed by atoms with Crippen LogP contribution < -0.4 is 15.8 Å². The van der Waals surface area contributed by atoms with Crippen LogP contribution in [0.2, 0.25) is 0 Å². The van der Waals surface area contributed by atoms with E-state index in [0.717, 1.165) is 34.6 Å². The molecular formula is C36H32BrNO2S. The molecule has 2 aliphatic carbocycles. The average molecular weight is 623 g/mol. The van der Waals surface area contributed by atoms with E-state index in [4.69, 9.17) is 0 Å². The average Bonchev–Trinajstić information content (AvgIpc) is 3.26. The predicted octanol–water partition coefficient (Wildman–Crippen LogP) is 7.11. The lowest BCUT2D eigenvalue weighted by Crippen LogP contribution is -2.27. The van der Waals surface area contributed by atoms with Crippen molar-refractivity contribution in [3.05, 3.63) is 146 Å². The maximum atomic E-state index is 13.5. The number of hydrogen-bond acceptors (Lipinski definition) is 3. The Balaban J connectivity index is 0.000000229. The fourth-order valence-electron chi connectivity index (χ4n) is 5.99. The van der Waals surface area contributed by atoms with Crippen molar-refractivity contribution in [3.8, 4) is 0 Å². The lowest BCUT2D eigenvalue weighted by molar-refractivity contribution is 0.603. The topological polar surface area (TPSA) is 46.2 Å². The van der Waals surface area contributed by atoms with E-state index in [-0.39, 0.29) is 5.92 Å². The monoisotopic (exact) mass is 621 g/mol. The van der Waals surface area contributed by atoms with E-state index in [1.54, 1.807) is 12.1 Å². The highest BCUT2D eigenvalue weighted by atomic mass is 79.9. The smallest absolute Gasteiger partial charge is 0.203 e. The number of benzene rings is 4. The summed E-state index contributed by atoms with van der Waals surface area (Å²) in [6.45, 7) is 1.97. The Kier molecular flexibility index (Phi) is 7.83. The molecular weight excluding hydrogens is 590 g/mol. The predicted molar refractivity (Wildman–Crippen MR) is 174 cm³/mol. The summed E-state index contributed by atoms with van der Waals surface area (Å²) in [5.74, 6) is 0.242. The number of nitrogens with one attached hydrogen (secondary N) is 1. The highest BCUT2D eigenvalue weighted by Crippen LogP contribution is 2.32. The van der Waals surface area contributed by atoms with Crippen LogP contribution in [-0.2, 0) is 16.3 Å². The molecule has 1 heterocycles. The van der Waals surface area contributed by atoms with Crippen LogP contribution in [0, 0.1) is 17.4 Å². The quantitative estimate of drug-likeness (QED) is 0.248. The summed E-state index contributed by atoms with van der Waals surface area (Å²) < 4.78 is 27.0. The van der Waals surface area contributed by atoms with E-state index in [0.29, 0.717) is 16.2 Å². The Labute approximate surface area is 250 Å². The SMILES string of the molecule is C1=CNc2ccccc2C=C1.Cc1ccc(S(=O)(=O)C2=c3ccc4c(c3CCC2)[C@@H](CBr)C=c2ccccc2=4)cc1. The minimum absolute atomic E-state index is 0.242. The van der Waals surface area contributed by atoms with E-state index in [2.05, 4.69) is 75.9 Å². The van der Waals surface area contributed by atoms with Crippen LogP contribution in [0.25, 0.3) is 17.1 Å². The largest absolute Gasteiger partial charge is 0.361 e. The standard InChI is InChI=1S/C26H23BrO2S.C10H9N/c1-17-9-11-20(12-10-17)30(28,29)25-8-4-7-23-22(25)13-14-24-21-6-3-2-5-18(21)15-19(16-27)26(23)24;1-2-7-10-9(5-1)6-3-4-8-11-10/h2-3,5-6,9-15,19H,4,7-8,16H2,1H3;1-8,11H/t19-;/m1./s1. The van der Waals surface area contributed by atoms with Crippen molar-refractivity contribution >= 4 is 48.5 Å². The first-order valence-corrected chi connectivity index (χ1v) is 16.6. The van der Waals surface area contributed by atoms with Crippen LogP contribution in [0.5, 0.6) is 0 Å². The van der Waals surface area contributed by atoms with Gasteiger partial charge in [-0.15, -0.1) is 0 Å². The van der Waals surface area contributed by atoms with E-state index >= 15 is 0 Å². The van der Waals surface area contributed by atoms with Crippen LogP contribution in [0.3, 0.4) is 0 Å². The maximum Gasteiger partial charge on any atom is 0.203 e. The second-order valence-corrected chi connectivity index (χ2v) is 13.2. The van der Waals surface area contributed by atoms with E-state index in [1.807, 2.05) is 55.6 Å². The molecule has 4 aromatic carbocycles. The fourth-order valence-corrected chi connectivity index (χ4v) is 8.17. The van der Waals surface area contributed by atoms with Gasteiger partial charge in [-0.25, -0.2) is 8.42 Å². The number of fused-ring (bicyclic) bond motifs is 5. The van der Waals surface area contributed by atoms with Gasteiger partial charge in [-0.05, 0) is 88.0 Å². The van der Waals surface area contributed by atoms with Gasteiger partial charge >= 0.3 is 0 Å². The van der Waals surface area contributed by atoms with Crippen molar-refractivity contribution < 1.29 is 8.42 Å². The van der Waals surface area contributed by atoms with Crippen molar-refractivity contribution in [2.45, 2.75) is 37.0 Å². The van der Waals surface area contributed by atoms with Crippen molar-refractivity contribution in [3.63, 3.8) is 0 Å². The zero-order valence-corrected chi connectivity index (χ0v) is 25.4. The highest BCUT2D eigenvalue weighted by molar-refractivity contribution is 9.09. The van der Waals surface area contributed by atoms with Gasteiger partial charge in [0.25, 0.3) is 0 Å². The lowest BCUT2D eigenvalue weighted by atomic mass is 9.84. The van der Waals surface area contributed by atoms with Gasteiger partial charge in [0.1, 0.15) is 0 Å². The lowest BCUT2D eigenvalue weighted by Gasteiger charge is -2.24. The maximum absolute atomic E-state index is 13.5. The molecule has 7 rings (SSSR count). The molecule has 0 bridgehead atoms. The Morgan fingerprint density at radius 2 is 1.59 bits per heavy atom. The van der Waals surface area contributed by atoms with Gasteiger partial charge in [-0.1, -0.05) is 106 Å². The second kappa shape index (κ2) is 11.7. The Morgan fingerprint density at radius 3 is 2.41 bits per heavy atom. The molecule has 0 saturated heterocycles. The molecule has 0 unspecified atom stereocenters. The Morgan fingerprint density at radius 1 is 0.829 bits per heavy atom. The van der Waals surface area contributed by atoms with Gasteiger partial charge in [0.05, 0.1) is 9.80 Å². The number of hydrogen-bond donors (Lipinski definition) is 1. The normalized spacial score (nSPS) is 16.4. The van der Waals surface area contributed by atoms with Gasteiger partial charge in [0.15, 0.2) is 0 Å². The summed E-state index contributed by atoms with van der Waals surface area (Å²) in [7, 11) is -3.51. The molecule has 1 N–H and O–H groups in total. The van der Waals surface area contributed by atoms with Crippen LogP contribution in [0.1, 0.15) is 41.0 Å². The molecule has 1 atom stereocenters. The zero-order chi connectivity index (χ0) is 28.4. The van der Waals surface area contributed by atoms with Crippen molar-refractivity contribution in [2.75, 3.05) is 10.6 Å². The fraction of sp³-hybridized carbons (Fsp3) is 0.167. The third-order valence-electron chi connectivity index (χ3n) is 8.00. The molecule has 0 radical (unpaired) electrons. The van der Waals surface area contributed by atoms with Crippen LogP contribution in [0.15, 0.2) is 108 Å². The van der Waals surface area contributed by atoms with Crippen molar-refractivity contribution in [1.29, 1.82) is 0 Å². The van der Waals surface area contributed by atoms with Gasteiger partial charge in [-0.2, -0.15) is 0 Å². The molecule has 0 aromatic heterocycles. The molecule has 1 aliphatic heterocycles. The van der Waals surface area contributed by atoms with Gasteiger partial charge in [0, 0.05) is 23.1 Å². The minimum Gasteiger partial charge on any atom is -0.361 e. The first-order chi connectivity index (χ1) is 20.0. The molecule has 3 aliphatic rings. The zero-order valence-electron chi connectivity index (χ0n) is 23.0. The second-order valence-electron chi connectivity index (χ2n) is 10.6. The van der Waals surface area contributed by atoms with Gasteiger partial charge in [0.2, 0.25) is 9.84 Å². The summed E-state index contributed by atoms with van der Waals surface area (Å²) >= 11 is 3.70. The summed E-state index contributed by atoms with van der Waals surface area (Å²) in [6, 6.07) is 28.1. The van der Waals surface area contributed by atoms with Crippen molar-refractivity contribution in [1.82, 2.24) is 0 Å². The first kappa shape index (κ1) is 27.5. The third-order valence-corrected chi connectivity index (χ3v) is 10.7. The minimum atomic E-state index is -3.51. The van der Waals surface area contributed by atoms with Crippen LogP contribution in [0.4, 0.5) is 5.69 Å². The van der Waals surface area contributed by atoms with Crippen LogP contribution >= 0.6 is 15.9 Å². The molecule has 0 saturated carbocycles. The summed E-state index contributed by atoms with van der Waals surface area (Å²) in [5, 5.41) is 8.65. The number of alkyl halides is 1. The number of para-hydroxylation sites is 1. The van der Waals surface area contributed by atoms with Gasteiger partial charge < -0.3 is 5.32 Å². The number of rotatable bonds is 3. The van der Waals surface area contributed by atoms with E-state index in [1.165, 1.54) is 32.3 Å². The molecule has 41 heavy (non-hydrogen) atoms. The molecule has 0 spiro atoms. The molecule has 206 valence electrons. The highest BCUT2D eigenvalue weighted by Gasteiger charge is 2.27. The van der Waals surface area contributed by atoms with Crippen LogP contribution in [-0.4, -0.2) is 13.7 Å². The molecule has 0 amide bonds. The Hall–Kier alpha value is -3.67. The van der Waals surface area contributed by atoms with Gasteiger partial charge in [-0.3, -0.25) is 0 Å². The number of sulfone groups is 1. The number of aryl methyl sites for hydroxylation is 1. The molecule has 0 fully saturated rings. The molecule has 3 nitrogen and oxygen atoms in total. The van der Waals surface area contributed by atoms with Crippen molar-refractivity contribution in [2.24, 2.45) is 0 Å². The van der Waals surface area contributed by atoms with E-state index < -0.39 is 9.84 Å². The summed E-state index contributed by atoms with van der Waals surface area (Å²) in [6.07, 6.45) is 12.7. The Bertz CT molecular complexity index is 2010. The number of allylic oxidation sites excluding steroid dienone is 2. The third kappa shape index (κ3) is 5.37. The van der Waals surface area contributed by atoms with E-state index in [9.17, 15) is 8.42 Å². The summed E-state index contributed by atoms with van der Waals surface area (Å²) in [4.78, 5) is 0.963. The number of anilines is 1. The summed E-state index contributed by atoms with van der Waals surface area (Å²) in [5.41, 5.74) is 5.96. The first-order valence-electron chi connectivity index (χ1n) is 14.0.